The molecule has 25 heavy (non-hydrogen) atoms. The first-order valence-electron chi connectivity index (χ1n) is 9.07. The highest BCUT2D eigenvalue weighted by Crippen LogP contribution is 2.36. The van der Waals surface area contributed by atoms with Crippen LogP contribution in [0.25, 0.3) is 12.2 Å². The number of benzene rings is 2. The van der Waals surface area contributed by atoms with E-state index in [2.05, 4.69) is 49.4 Å². The molecule has 0 radical (unpaired) electrons. The molecule has 0 saturated heterocycles. The Balaban J connectivity index is 1.81. The van der Waals surface area contributed by atoms with Gasteiger partial charge in [0.15, 0.2) is 0 Å². The predicted molar refractivity (Wildman–Crippen MR) is 105 cm³/mol. The molecule has 2 heteroatoms. The summed E-state index contributed by atoms with van der Waals surface area (Å²) in [6.45, 7) is 2.82. The van der Waals surface area contributed by atoms with Gasteiger partial charge in [-0.2, -0.15) is 0 Å². The second-order valence-corrected chi connectivity index (χ2v) is 6.42. The molecule has 2 nitrogen and oxygen atoms in total. The minimum atomic E-state index is 0.595. The number of aryl methyl sites for hydroxylation is 1. The summed E-state index contributed by atoms with van der Waals surface area (Å²) in [5.41, 5.74) is 4.67. The molecule has 0 bridgehead atoms. The Morgan fingerprint density at radius 1 is 1.08 bits per heavy atom. The summed E-state index contributed by atoms with van der Waals surface area (Å²) in [5.74, 6) is 1.83. The topological polar surface area (TPSA) is 18.5 Å². The van der Waals surface area contributed by atoms with E-state index < -0.39 is 0 Å². The molecule has 1 aliphatic heterocycles. The average molecular weight is 334 g/mol. The van der Waals surface area contributed by atoms with Crippen molar-refractivity contribution in [1.82, 2.24) is 0 Å². The molecule has 2 aromatic rings. The second-order valence-electron chi connectivity index (χ2n) is 6.42. The van der Waals surface area contributed by atoms with Crippen molar-refractivity contribution >= 4 is 12.2 Å². The zero-order chi connectivity index (χ0) is 17.5. The zero-order valence-corrected chi connectivity index (χ0v) is 15.1. The summed E-state index contributed by atoms with van der Waals surface area (Å²) in [7, 11) is 1.73. The Kier molecular flexibility index (Phi) is 5.95. The Labute approximate surface area is 150 Å². The van der Waals surface area contributed by atoms with E-state index in [9.17, 15) is 0 Å². The zero-order valence-electron chi connectivity index (χ0n) is 15.1. The number of methoxy groups -OCH3 is 1. The number of ether oxygens (including phenoxy) is 2. The number of hydrogen-bond donors (Lipinski definition) is 0. The van der Waals surface area contributed by atoms with Crippen LogP contribution >= 0.6 is 0 Å². The summed E-state index contributed by atoms with van der Waals surface area (Å²) in [5, 5.41) is 0. The van der Waals surface area contributed by atoms with E-state index in [-0.39, 0.29) is 0 Å². The predicted octanol–water partition coefficient (Wildman–Crippen LogP) is 5.92. The van der Waals surface area contributed by atoms with Crippen molar-refractivity contribution in [1.29, 1.82) is 0 Å². The van der Waals surface area contributed by atoms with Gasteiger partial charge in [-0.1, -0.05) is 62.2 Å². The minimum Gasteiger partial charge on any atom is -0.496 e. The standard InChI is InChI=1S/C23H26O2/c1-3-4-6-11-19-15-22(24-2)21-14-20(17-25-23(21)16-19)13-12-18-9-7-5-8-10-18/h5,7-10,12-16H,3-4,6,11,17H2,1-2H3/b13-12+. The smallest absolute Gasteiger partial charge is 0.131 e. The third-order valence-corrected chi connectivity index (χ3v) is 4.47. The molecule has 130 valence electrons. The average Bonchev–Trinajstić information content (AvgIpc) is 2.66. The number of hydrogen-bond acceptors (Lipinski definition) is 2. The van der Waals surface area contributed by atoms with E-state index in [1.54, 1.807) is 7.11 Å². The molecule has 0 unspecified atom stereocenters. The van der Waals surface area contributed by atoms with Crippen LogP contribution in [-0.2, 0) is 6.42 Å². The quantitative estimate of drug-likeness (QED) is 0.585. The van der Waals surface area contributed by atoms with Gasteiger partial charge in [0.2, 0.25) is 0 Å². The van der Waals surface area contributed by atoms with Crippen LogP contribution in [0.15, 0.2) is 54.1 Å². The lowest BCUT2D eigenvalue weighted by molar-refractivity contribution is 0.344. The van der Waals surface area contributed by atoms with E-state index in [4.69, 9.17) is 9.47 Å². The van der Waals surface area contributed by atoms with E-state index in [1.165, 1.54) is 30.4 Å². The molecular formula is C23H26O2. The molecule has 0 aliphatic carbocycles. The fourth-order valence-electron chi connectivity index (χ4n) is 3.06. The number of rotatable bonds is 7. The Bertz CT molecular complexity index is 757. The van der Waals surface area contributed by atoms with E-state index >= 15 is 0 Å². The number of unbranched alkanes of at least 4 members (excludes halogenated alkanes) is 2. The van der Waals surface area contributed by atoms with E-state index in [1.807, 2.05) is 18.2 Å². The fourth-order valence-corrected chi connectivity index (χ4v) is 3.06. The van der Waals surface area contributed by atoms with Crippen LogP contribution in [0.1, 0.15) is 42.9 Å². The Morgan fingerprint density at radius 3 is 2.68 bits per heavy atom. The summed E-state index contributed by atoms with van der Waals surface area (Å²) in [6, 6.07) is 14.6. The van der Waals surface area contributed by atoms with Crippen molar-refractivity contribution in [3.8, 4) is 11.5 Å². The van der Waals surface area contributed by atoms with Gasteiger partial charge in [-0.3, -0.25) is 0 Å². The van der Waals surface area contributed by atoms with Crippen LogP contribution in [0.5, 0.6) is 11.5 Å². The minimum absolute atomic E-state index is 0.595. The summed E-state index contributed by atoms with van der Waals surface area (Å²) in [6.07, 6.45) is 11.2. The highest BCUT2D eigenvalue weighted by Gasteiger charge is 2.16. The molecule has 0 saturated carbocycles. The van der Waals surface area contributed by atoms with Gasteiger partial charge in [0.25, 0.3) is 0 Å². The van der Waals surface area contributed by atoms with Crippen LogP contribution in [0, 0.1) is 0 Å². The summed E-state index contributed by atoms with van der Waals surface area (Å²) < 4.78 is 11.6. The first-order chi connectivity index (χ1) is 12.3. The van der Waals surface area contributed by atoms with Gasteiger partial charge in [0, 0.05) is 0 Å². The lowest BCUT2D eigenvalue weighted by Gasteiger charge is -2.20. The van der Waals surface area contributed by atoms with Crippen molar-refractivity contribution in [2.75, 3.05) is 13.7 Å². The largest absolute Gasteiger partial charge is 0.496 e. The maximum absolute atomic E-state index is 6.01. The van der Waals surface area contributed by atoms with Gasteiger partial charge >= 0.3 is 0 Å². The van der Waals surface area contributed by atoms with Gasteiger partial charge in [-0.25, -0.2) is 0 Å². The third kappa shape index (κ3) is 4.54. The molecule has 0 N–H and O–H groups in total. The number of fused-ring (bicyclic) bond motifs is 1. The lowest BCUT2D eigenvalue weighted by atomic mass is 10.00. The molecule has 0 aromatic heterocycles. The molecule has 1 aliphatic rings. The normalized spacial score (nSPS) is 13.3. The molecule has 3 rings (SSSR count). The van der Waals surface area contributed by atoms with Gasteiger partial charge in [0.05, 0.1) is 12.7 Å². The maximum atomic E-state index is 6.01. The first-order valence-corrected chi connectivity index (χ1v) is 9.07. The van der Waals surface area contributed by atoms with Gasteiger partial charge < -0.3 is 9.47 Å². The van der Waals surface area contributed by atoms with Crippen LogP contribution in [0.2, 0.25) is 0 Å². The van der Waals surface area contributed by atoms with Crippen molar-refractivity contribution in [2.45, 2.75) is 32.6 Å². The summed E-state index contributed by atoms with van der Waals surface area (Å²) in [4.78, 5) is 0. The molecule has 0 atom stereocenters. The van der Waals surface area contributed by atoms with Gasteiger partial charge in [0.1, 0.15) is 18.1 Å². The van der Waals surface area contributed by atoms with Crippen molar-refractivity contribution in [3.05, 3.63) is 70.8 Å². The highest BCUT2D eigenvalue weighted by molar-refractivity contribution is 5.72. The molecule has 1 heterocycles. The van der Waals surface area contributed by atoms with Gasteiger partial charge in [-0.15, -0.1) is 0 Å². The molecule has 0 spiro atoms. The van der Waals surface area contributed by atoms with Crippen molar-refractivity contribution in [3.63, 3.8) is 0 Å². The second kappa shape index (κ2) is 8.57. The molecular weight excluding hydrogens is 308 g/mol. The van der Waals surface area contributed by atoms with E-state index in [0.29, 0.717) is 6.61 Å². The van der Waals surface area contributed by atoms with Crippen molar-refractivity contribution < 1.29 is 9.47 Å². The van der Waals surface area contributed by atoms with Crippen LogP contribution in [0.4, 0.5) is 0 Å². The van der Waals surface area contributed by atoms with Crippen LogP contribution < -0.4 is 9.47 Å². The SMILES string of the molecule is CCCCCc1cc(OC)c2c(c1)OCC(/C=C/c1ccccc1)=C2. The molecule has 2 aromatic carbocycles. The molecule has 0 fully saturated rings. The monoisotopic (exact) mass is 334 g/mol. The van der Waals surface area contributed by atoms with Crippen LogP contribution in [-0.4, -0.2) is 13.7 Å². The Morgan fingerprint density at radius 2 is 1.92 bits per heavy atom. The third-order valence-electron chi connectivity index (χ3n) is 4.47. The van der Waals surface area contributed by atoms with E-state index in [0.717, 1.165) is 29.1 Å². The lowest BCUT2D eigenvalue weighted by Crippen LogP contribution is -2.07. The van der Waals surface area contributed by atoms with Crippen LogP contribution in [0.3, 0.4) is 0 Å². The Hall–Kier alpha value is -2.48. The molecule has 0 amide bonds. The van der Waals surface area contributed by atoms with Crippen molar-refractivity contribution in [2.24, 2.45) is 0 Å². The first kappa shape index (κ1) is 17.3. The maximum Gasteiger partial charge on any atom is 0.131 e. The van der Waals surface area contributed by atoms with Gasteiger partial charge in [-0.05, 0) is 47.8 Å². The fraction of sp³-hybridized carbons (Fsp3) is 0.304. The highest BCUT2D eigenvalue weighted by atomic mass is 16.5. The summed E-state index contributed by atoms with van der Waals surface area (Å²) >= 11 is 0.